The first-order valence-corrected chi connectivity index (χ1v) is 6.41. The second kappa shape index (κ2) is 4.92. The van der Waals surface area contributed by atoms with Gasteiger partial charge in [0.15, 0.2) is 0 Å². The van der Waals surface area contributed by atoms with Gasteiger partial charge < -0.3 is 11.1 Å². The van der Waals surface area contributed by atoms with Crippen LogP contribution in [0.1, 0.15) is 28.3 Å². The van der Waals surface area contributed by atoms with Crippen LogP contribution in [-0.2, 0) is 0 Å². The van der Waals surface area contributed by atoms with Crippen LogP contribution in [-0.4, -0.2) is 16.9 Å². The first-order valence-electron chi connectivity index (χ1n) is 6.41. The van der Waals surface area contributed by atoms with Crippen LogP contribution in [0.4, 0.5) is 10.1 Å². The van der Waals surface area contributed by atoms with Crippen LogP contribution in [0, 0.1) is 5.82 Å². The van der Waals surface area contributed by atoms with E-state index in [1.165, 1.54) is 18.3 Å². The number of pyridine rings is 1. The van der Waals surface area contributed by atoms with Crippen molar-refractivity contribution in [2.45, 2.75) is 18.4 Å². The Balaban J connectivity index is 1.72. The molecule has 1 amide bonds. The summed E-state index contributed by atoms with van der Waals surface area (Å²) < 4.78 is 12.9. The van der Waals surface area contributed by atoms with Crippen molar-refractivity contribution in [3.8, 4) is 0 Å². The standard InChI is InChI=1S/C15H14FN3O/c16-10-3-1-9(2-4-10)11-7-14(11)19-13-5-6-18-8-12(13)15(17)20/h1-6,8,11,14H,7H2,(H2,17,20)(H,18,19)/t11-,14+/m0/s1. The van der Waals surface area contributed by atoms with Gasteiger partial charge in [0.2, 0.25) is 0 Å². The number of nitrogens with zero attached hydrogens (tertiary/aromatic N) is 1. The Hall–Kier alpha value is -2.43. The van der Waals surface area contributed by atoms with Crippen LogP contribution >= 0.6 is 0 Å². The summed E-state index contributed by atoms with van der Waals surface area (Å²) in [5.74, 6) is -0.395. The zero-order valence-corrected chi connectivity index (χ0v) is 10.7. The molecule has 0 radical (unpaired) electrons. The normalized spacial score (nSPS) is 20.4. The summed E-state index contributed by atoms with van der Waals surface area (Å²) in [7, 11) is 0. The van der Waals surface area contributed by atoms with Gasteiger partial charge in [-0.1, -0.05) is 12.1 Å². The molecule has 0 unspecified atom stereocenters. The molecular weight excluding hydrogens is 257 g/mol. The van der Waals surface area contributed by atoms with Gasteiger partial charge in [-0.25, -0.2) is 4.39 Å². The molecule has 1 aromatic carbocycles. The van der Waals surface area contributed by atoms with Gasteiger partial charge in [-0.3, -0.25) is 9.78 Å². The van der Waals surface area contributed by atoms with Gasteiger partial charge in [0.25, 0.3) is 5.91 Å². The molecule has 0 bridgehead atoms. The van der Waals surface area contributed by atoms with E-state index in [-0.39, 0.29) is 11.9 Å². The molecule has 5 heteroatoms. The van der Waals surface area contributed by atoms with E-state index in [0.29, 0.717) is 17.2 Å². The summed E-state index contributed by atoms with van der Waals surface area (Å²) in [6, 6.07) is 8.49. The number of nitrogens with one attached hydrogen (secondary N) is 1. The maximum Gasteiger partial charge on any atom is 0.252 e. The second-order valence-corrected chi connectivity index (χ2v) is 4.93. The zero-order valence-electron chi connectivity index (χ0n) is 10.7. The number of carbonyl (C=O) groups is 1. The lowest BCUT2D eigenvalue weighted by Crippen LogP contribution is -2.16. The average Bonchev–Trinajstić information content (AvgIpc) is 3.19. The maximum absolute atomic E-state index is 12.9. The van der Waals surface area contributed by atoms with Gasteiger partial charge in [-0.15, -0.1) is 0 Å². The van der Waals surface area contributed by atoms with Crippen molar-refractivity contribution >= 4 is 11.6 Å². The topological polar surface area (TPSA) is 68.0 Å². The fourth-order valence-corrected chi connectivity index (χ4v) is 2.35. The molecule has 102 valence electrons. The van der Waals surface area contributed by atoms with Gasteiger partial charge in [-0.05, 0) is 30.2 Å². The summed E-state index contributed by atoms with van der Waals surface area (Å²) in [6.07, 6.45) is 4.02. The van der Waals surface area contributed by atoms with E-state index in [9.17, 15) is 9.18 Å². The number of primary amides is 1. The number of hydrogen-bond acceptors (Lipinski definition) is 3. The molecule has 2 aromatic rings. The molecule has 1 heterocycles. The highest BCUT2D eigenvalue weighted by atomic mass is 19.1. The Morgan fingerprint density at radius 1 is 1.30 bits per heavy atom. The third kappa shape index (κ3) is 2.47. The highest BCUT2D eigenvalue weighted by Gasteiger charge is 2.38. The molecule has 1 fully saturated rings. The molecule has 1 saturated carbocycles. The second-order valence-electron chi connectivity index (χ2n) is 4.93. The number of benzene rings is 1. The van der Waals surface area contributed by atoms with Crippen molar-refractivity contribution in [2.75, 3.05) is 5.32 Å². The van der Waals surface area contributed by atoms with Crippen LogP contribution in [0.2, 0.25) is 0 Å². The summed E-state index contributed by atoms with van der Waals surface area (Å²) >= 11 is 0. The Labute approximate surface area is 115 Å². The first-order chi connectivity index (χ1) is 9.65. The van der Waals surface area contributed by atoms with Crippen LogP contribution in [0.25, 0.3) is 0 Å². The first kappa shape index (κ1) is 12.6. The Morgan fingerprint density at radius 3 is 2.75 bits per heavy atom. The van der Waals surface area contributed by atoms with Gasteiger partial charge in [0, 0.05) is 24.4 Å². The molecule has 0 aliphatic heterocycles. The minimum Gasteiger partial charge on any atom is -0.381 e. The molecular formula is C15H14FN3O. The van der Waals surface area contributed by atoms with Crippen molar-refractivity contribution in [1.82, 2.24) is 4.98 Å². The summed E-state index contributed by atoms with van der Waals surface area (Å²) in [6.45, 7) is 0. The molecule has 2 atom stereocenters. The largest absolute Gasteiger partial charge is 0.381 e. The molecule has 0 spiro atoms. The quantitative estimate of drug-likeness (QED) is 0.896. The molecule has 3 rings (SSSR count). The average molecular weight is 271 g/mol. The van der Waals surface area contributed by atoms with Gasteiger partial charge in [0.1, 0.15) is 5.82 Å². The lowest BCUT2D eigenvalue weighted by molar-refractivity contribution is 0.100. The van der Waals surface area contributed by atoms with Gasteiger partial charge >= 0.3 is 0 Å². The Kier molecular flexibility index (Phi) is 3.10. The van der Waals surface area contributed by atoms with Crippen LogP contribution in [0.15, 0.2) is 42.7 Å². The SMILES string of the molecule is NC(=O)c1cnccc1N[C@@H]1C[C@H]1c1ccc(F)cc1. The van der Waals surface area contributed by atoms with Crippen molar-refractivity contribution in [1.29, 1.82) is 0 Å². The third-order valence-electron chi connectivity index (χ3n) is 3.52. The number of rotatable bonds is 4. The number of hydrogen-bond donors (Lipinski definition) is 2. The van der Waals surface area contributed by atoms with E-state index in [0.717, 1.165) is 12.0 Å². The molecule has 1 aliphatic carbocycles. The third-order valence-corrected chi connectivity index (χ3v) is 3.52. The van der Waals surface area contributed by atoms with E-state index in [1.807, 2.05) is 0 Å². The molecule has 1 aliphatic rings. The molecule has 3 N–H and O–H groups in total. The van der Waals surface area contributed by atoms with Crippen molar-refractivity contribution in [3.05, 3.63) is 59.7 Å². The van der Waals surface area contributed by atoms with E-state index in [4.69, 9.17) is 5.73 Å². The van der Waals surface area contributed by atoms with E-state index in [2.05, 4.69) is 10.3 Å². The molecule has 20 heavy (non-hydrogen) atoms. The maximum atomic E-state index is 12.9. The van der Waals surface area contributed by atoms with Crippen molar-refractivity contribution in [2.24, 2.45) is 5.73 Å². The van der Waals surface area contributed by atoms with Gasteiger partial charge in [0.05, 0.1) is 11.3 Å². The monoisotopic (exact) mass is 271 g/mol. The number of aromatic nitrogens is 1. The van der Waals surface area contributed by atoms with Crippen LogP contribution < -0.4 is 11.1 Å². The number of nitrogens with two attached hydrogens (primary N) is 1. The van der Waals surface area contributed by atoms with E-state index >= 15 is 0 Å². The van der Waals surface area contributed by atoms with Crippen LogP contribution in [0.5, 0.6) is 0 Å². The van der Waals surface area contributed by atoms with E-state index in [1.54, 1.807) is 24.4 Å². The predicted molar refractivity (Wildman–Crippen MR) is 73.9 cm³/mol. The summed E-state index contributed by atoms with van der Waals surface area (Å²) in [4.78, 5) is 15.2. The molecule has 4 nitrogen and oxygen atoms in total. The number of carbonyl (C=O) groups excluding carboxylic acids is 1. The summed E-state index contributed by atoms with van der Waals surface area (Å²) in [5.41, 5.74) is 7.49. The summed E-state index contributed by atoms with van der Waals surface area (Å²) in [5, 5.41) is 3.29. The predicted octanol–water partition coefficient (Wildman–Crippen LogP) is 2.29. The lowest BCUT2D eigenvalue weighted by Gasteiger charge is -2.09. The minimum absolute atomic E-state index is 0.232. The van der Waals surface area contributed by atoms with E-state index < -0.39 is 5.91 Å². The van der Waals surface area contributed by atoms with Crippen molar-refractivity contribution < 1.29 is 9.18 Å². The van der Waals surface area contributed by atoms with Gasteiger partial charge in [-0.2, -0.15) is 0 Å². The minimum atomic E-state index is -0.500. The number of amides is 1. The number of anilines is 1. The smallest absolute Gasteiger partial charge is 0.252 e. The number of halogens is 1. The van der Waals surface area contributed by atoms with Crippen molar-refractivity contribution in [3.63, 3.8) is 0 Å². The molecule has 0 saturated heterocycles. The lowest BCUT2D eigenvalue weighted by atomic mass is 10.1. The fourth-order valence-electron chi connectivity index (χ4n) is 2.35. The fraction of sp³-hybridized carbons (Fsp3) is 0.200. The Bertz CT molecular complexity index is 642. The molecule has 1 aromatic heterocycles. The highest BCUT2D eigenvalue weighted by Crippen LogP contribution is 2.43. The zero-order chi connectivity index (χ0) is 14.1. The van der Waals surface area contributed by atoms with Crippen LogP contribution in [0.3, 0.4) is 0 Å². The Morgan fingerprint density at radius 2 is 2.05 bits per heavy atom. The highest BCUT2D eigenvalue weighted by molar-refractivity contribution is 5.98.